The molecule has 2 aromatic rings. The molecule has 2 rings (SSSR count). The Bertz CT molecular complexity index is 531. The Morgan fingerprint density at radius 1 is 1.05 bits per heavy atom. The van der Waals surface area contributed by atoms with E-state index in [0.29, 0.717) is 17.8 Å². The third kappa shape index (κ3) is 2.90. The van der Waals surface area contributed by atoms with E-state index >= 15 is 0 Å². The van der Waals surface area contributed by atoms with Crippen LogP contribution in [0.2, 0.25) is 0 Å². The van der Waals surface area contributed by atoms with Gasteiger partial charge in [0.1, 0.15) is 0 Å². The average molecular weight is 259 g/mol. The van der Waals surface area contributed by atoms with Gasteiger partial charge in [0.05, 0.1) is 7.11 Å². The minimum atomic E-state index is 0.297. The van der Waals surface area contributed by atoms with Gasteiger partial charge in [0.25, 0.3) is 0 Å². The Balaban J connectivity index is 2.40. The molecule has 0 aliphatic carbocycles. The van der Waals surface area contributed by atoms with Crippen molar-refractivity contribution in [3.63, 3.8) is 0 Å². The highest BCUT2D eigenvalue weighted by Crippen LogP contribution is 2.21. The van der Waals surface area contributed by atoms with Crippen molar-refractivity contribution in [1.82, 2.24) is 15.0 Å². The van der Waals surface area contributed by atoms with Gasteiger partial charge in [0, 0.05) is 32.4 Å². The zero-order chi connectivity index (χ0) is 13.8. The van der Waals surface area contributed by atoms with E-state index in [1.165, 1.54) is 7.11 Å². The molecule has 0 aliphatic heterocycles. The first-order valence-electron chi connectivity index (χ1n) is 5.89. The predicted molar refractivity (Wildman–Crippen MR) is 75.7 cm³/mol. The molecule has 0 unspecified atom stereocenters. The van der Waals surface area contributed by atoms with Crippen LogP contribution in [0.1, 0.15) is 0 Å². The molecule has 1 aromatic carbocycles. The first-order valence-corrected chi connectivity index (χ1v) is 5.89. The van der Waals surface area contributed by atoms with Gasteiger partial charge in [-0.3, -0.25) is 0 Å². The molecule has 0 atom stereocenters. The maximum absolute atomic E-state index is 5.07. The van der Waals surface area contributed by atoms with E-state index in [1.54, 1.807) is 7.05 Å². The van der Waals surface area contributed by atoms with Crippen molar-refractivity contribution in [2.75, 3.05) is 38.5 Å². The van der Waals surface area contributed by atoms with Crippen LogP contribution in [0.15, 0.2) is 24.3 Å². The largest absolute Gasteiger partial charge is 0.467 e. The molecule has 0 radical (unpaired) electrons. The smallest absolute Gasteiger partial charge is 0.321 e. The van der Waals surface area contributed by atoms with E-state index in [0.717, 1.165) is 11.3 Å². The molecule has 100 valence electrons. The second-order valence-electron chi connectivity index (χ2n) is 4.16. The summed E-state index contributed by atoms with van der Waals surface area (Å²) in [6.45, 7) is 0. The molecule has 0 fully saturated rings. The molecule has 19 heavy (non-hydrogen) atoms. The van der Waals surface area contributed by atoms with Gasteiger partial charge in [0.2, 0.25) is 5.95 Å². The number of hydrogen-bond donors (Lipinski definition) is 1. The number of nitrogens with one attached hydrogen (secondary N) is 1. The Hall–Kier alpha value is -2.37. The average Bonchev–Trinajstić information content (AvgIpc) is 2.46. The summed E-state index contributed by atoms with van der Waals surface area (Å²) >= 11 is 0. The van der Waals surface area contributed by atoms with Crippen LogP contribution in [-0.4, -0.2) is 43.2 Å². The minimum Gasteiger partial charge on any atom is -0.467 e. The summed E-state index contributed by atoms with van der Waals surface area (Å²) in [4.78, 5) is 14.7. The number of methoxy groups -OCH3 is 1. The first-order chi connectivity index (χ1) is 9.13. The van der Waals surface area contributed by atoms with Crippen LogP contribution in [0.3, 0.4) is 0 Å². The Labute approximate surface area is 112 Å². The van der Waals surface area contributed by atoms with Crippen molar-refractivity contribution in [3.8, 4) is 17.4 Å². The van der Waals surface area contributed by atoms with E-state index in [1.807, 2.05) is 43.3 Å². The highest BCUT2D eigenvalue weighted by Gasteiger charge is 2.08. The quantitative estimate of drug-likeness (QED) is 0.901. The number of aromatic nitrogens is 3. The molecule has 6 nitrogen and oxygen atoms in total. The highest BCUT2D eigenvalue weighted by molar-refractivity contribution is 5.61. The number of hydrogen-bond acceptors (Lipinski definition) is 6. The lowest BCUT2D eigenvalue weighted by atomic mass is 10.2. The number of rotatable bonds is 4. The molecule has 0 spiro atoms. The highest BCUT2D eigenvalue weighted by atomic mass is 16.5. The molecule has 0 saturated carbocycles. The maximum atomic E-state index is 5.07. The zero-order valence-corrected chi connectivity index (χ0v) is 11.5. The van der Waals surface area contributed by atoms with Gasteiger partial charge in [-0.25, -0.2) is 0 Å². The summed E-state index contributed by atoms with van der Waals surface area (Å²) < 4.78 is 5.07. The normalized spacial score (nSPS) is 10.1. The molecule has 0 amide bonds. The van der Waals surface area contributed by atoms with Crippen molar-refractivity contribution in [3.05, 3.63) is 24.3 Å². The van der Waals surface area contributed by atoms with Crippen LogP contribution in [0.5, 0.6) is 6.01 Å². The van der Waals surface area contributed by atoms with E-state index < -0.39 is 0 Å². The molecular weight excluding hydrogens is 242 g/mol. The van der Waals surface area contributed by atoms with Gasteiger partial charge >= 0.3 is 6.01 Å². The number of anilines is 2. The second kappa shape index (κ2) is 5.51. The summed E-state index contributed by atoms with van der Waals surface area (Å²) in [6.07, 6.45) is 0. The zero-order valence-electron chi connectivity index (χ0n) is 11.5. The molecule has 6 heteroatoms. The van der Waals surface area contributed by atoms with Crippen molar-refractivity contribution in [2.45, 2.75) is 0 Å². The molecule has 1 heterocycles. The third-order valence-electron chi connectivity index (χ3n) is 2.66. The van der Waals surface area contributed by atoms with Crippen molar-refractivity contribution in [2.24, 2.45) is 0 Å². The summed E-state index contributed by atoms with van der Waals surface area (Å²) in [5.41, 5.74) is 2.04. The molecule has 0 aliphatic rings. The molecular formula is C13H17N5O. The summed E-state index contributed by atoms with van der Waals surface area (Å²) in [7, 11) is 7.29. The fraction of sp³-hybridized carbons (Fsp3) is 0.308. The number of benzene rings is 1. The van der Waals surface area contributed by atoms with Gasteiger partial charge in [0.15, 0.2) is 5.82 Å². The summed E-state index contributed by atoms with van der Waals surface area (Å²) in [5, 5.41) is 2.89. The van der Waals surface area contributed by atoms with Gasteiger partial charge in [-0.1, -0.05) is 0 Å². The monoisotopic (exact) mass is 259 g/mol. The topological polar surface area (TPSA) is 63.2 Å². The lowest BCUT2D eigenvalue weighted by Crippen LogP contribution is -2.08. The molecule has 1 N–H and O–H groups in total. The fourth-order valence-electron chi connectivity index (χ4n) is 1.60. The Morgan fingerprint density at radius 2 is 1.74 bits per heavy atom. The number of ether oxygens (including phenoxy) is 1. The van der Waals surface area contributed by atoms with E-state index in [2.05, 4.69) is 20.3 Å². The standard InChI is InChI=1S/C13H17N5O/c1-14-12-15-11(16-13(17-12)19-4)9-5-7-10(8-6-9)18(2)3/h5-8H,1-4H3,(H,14,15,16,17). The van der Waals surface area contributed by atoms with Gasteiger partial charge in [-0.15, -0.1) is 0 Å². The lowest BCUT2D eigenvalue weighted by molar-refractivity contribution is 0.379. The van der Waals surface area contributed by atoms with Gasteiger partial charge in [-0.2, -0.15) is 15.0 Å². The van der Waals surface area contributed by atoms with Crippen LogP contribution in [0.25, 0.3) is 11.4 Å². The third-order valence-corrected chi connectivity index (χ3v) is 2.66. The summed E-state index contributed by atoms with van der Waals surface area (Å²) in [6, 6.07) is 8.29. The fourth-order valence-corrected chi connectivity index (χ4v) is 1.60. The molecule has 0 bridgehead atoms. The van der Waals surface area contributed by atoms with E-state index in [-0.39, 0.29) is 0 Å². The van der Waals surface area contributed by atoms with Gasteiger partial charge < -0.3 is 15.0 Å². The molecule has 0 saturated heterocycles. The predicted octanol–water partition coefficient (Wildman–Crippen LogP) is 1.65. The van der Waals surface area contributed by atoms with E-state index in [9.17, 15) is 0 Å². The van der Waals surface area contributed by atoms with E-state index in [4.69, 9.17) is 4.74 Å². The number of nitrogens with zero attached hydrogens (tertiary/aromatic N) is 4. The SMILES string of the molecule is CNc1nc(OC)nc(-c2ccc(N(C)C)cc2)n1. The summed E-state index contributed by atoms with van der Waals surface area (Å²) in [5.74, 6) is 1.07. The molecule has 1 aromatic heterocycles. The minimum absolute atomic E-state index is 0.297. The van der Waals surface area contributed by atoms with Crippen molar-refractivity contribution < 1.29 is 4.74 Å². The van der Waals surface area contributed by atoms with Crippen LogP contribution in [0.4, 0.5) is 11.6 Å². The van der Waals surface area contributed by atoms with Crippen molar-refractivity contribution >= 4 is 11.6 Å². The first kappa shape index (κ1) is 13.1. The van der Waals surface area contributed by atoms with Crippen LogP contribution in [0, 0.1) is 0 Å². The second-order valence-corrected chi connectivity index (χ2v) is 4.16. The van der Waals surface area contributed by atoms with Crippen LogP contribution < -0.4 is 15.0 Å². The Kier molecular flexibility index (Phi) is 3.79. The van der Waals surface area contributed by atoms with Crippen LogP contribution >= 0.6 is 0 Å². The van der Waals surface area contributed by atoms with Crippen molar-refractivity contribution in [1.29, 1.82) is 0 Å². The van der Waals surface area contributed by atoms with Gasteiger partial charge in [-0.05, 0) is 24.3 Å². The maximum Gasteiger partial charge on any atom is 0.321 e. The lowest BCUT2D eigenvalue weighted by Gasteiger charge is -2.12. The van der Waals surface area contributed by atoms with Crippen LogP contribution in [-0.2, 0) is 0 Å². The Morgan fingerprint density at radius 3 is 2.26 bits per heavy atom.